The molecule has 0 aliphatic heterocycles. The fourth-order valence-electron chi connectivity index (χ4n) is 2.11. The third-order valence-electron chi connectivity index (χ3n) is 3.03. The highest BCUT2D eigenvalue weighted by Gasteiger charge is 2.14. The molecule has 0 fully saturated rings. The van der Waals surface area contributed by atoms with E-state index in [1.54, 1.807) is 0 Å². The lowest BCUT2D eigenvalue weighted by molar-refractivity contribution is 0.738. The van der Waals surface area contributed by atoms with Crippen molar-refractivity contribution < 1.29 is 0 Å². The Morgan fingerprint density at radius 2 is 1.42 bits per heavy atom. The Labute approximate surface area is 123 Å². The second-order valence-electron chi connectivity index (χ2n) is 5.87. The van der Waals surface area contributed by atoms with Gasteiger partial charge in [0.1, 0.15) is 0 Å². The van der Waals surface area contributed by atoms with Gasteiger partial charge in [-0.1, -0.05) is 45.9 Å². The van der Waals surface area contributed by atoms with E-state index >= 15 is 0 Å². The fourth-order valence-corrected chi connectivity index (χ4v) is 2.44. The van der Waals surface area contributed by atoms with Crippen LogP contribution in [0.4, 0.5) is 5.69 Å². The van der Waals surface area contributed by atoms with E-state index in [2.05, 4.69) is 70.4 Å². The minimum atomic E-state index is 0.341. The molecule has 0 amide bonds. The molecule has 2 nitrogen and oxygen atoms in total. The summed E-state index contributed by atoms with van der Waals surface area (Å²) in [5.74, 6) is 0.950. The largest absolute Gasteiger partial charge is 0.360 e. The number of anilines is 1. The van der Waals surface area contributed by atoms with Gasteiger partial charge in [0.25, 0.3) is 0 Å². The van der Waals surface area contributed by atoms with E-state index in [9.17, 15) is 0 Å². The topological polar surface area (TPSA) is 24.1 Å². The van der Waals surface area contributed by atoms with Crippen LogP contribution in [-0.4, -0.2) is 11.2 Å². The maximum atomic E-state index is 5.38. The van der Waals surface area contributed by atoms with E-state index in [0.29, 0.717) is 23.0 Å². The summed E-state index contributed by atoms with van der Waals surface area (Å²) in [6.45, 7) is 13.0. The van der Waals surface area contributed by atoms with Crippen molar-refractivity contribution >= 4 is 23.0 Å². The zero-order chi connectivity index (χ0) is 14.6. The first-order chi connectivity index (χ1) is 8.82. The number of benzene rings is 1. The van der Waals surface area contributed by atoms with Crippen LogP contribution in [0.25, 0.3) is 0 Å². The molecule has 2 N–H and O–H groups in total. The van der Waals surface area contributed by atoms with Crippen molar-refractivity contribution in [1.29, 1.82) is 0 Å². The van der Waals surface area contributed by atoms with Crippen LogP contribution in [0.1, 0.15) is 64.5 Å². The van der Waals surface area contributed by atoms with Crippen LogP contribution in [0.5, 0.6) is 0 Å². The molecule has 1 rings (SSSR count). The summed E-state index contributed by atoms with van der Waals surface area (Å²) in [7, 11) is 0. The van der Waals surface area contributed by atoms with Gasteiger partial charge in [-0.15, -0.1) is 0 Å². The van der Waals surface area contributed by atoms with Crippen molar-refractivity contribution in [3.8, 4) is 0 Å². The molecule has 19 heavy (non-hydrogen) atoms. The van der Waals surface area contributed by atoms with Crippen molar-refractivity contribution in [2.75, 3.05) is 5.32 Å². The molecule has 1 aromatic rings. The maximum Gasteiger partial charge on any atom is 0.170 e. The molecule has 106 valence electrons. The van der Waals surface area contributed by atoms with E-state index in [1.807, 2.05) is 0 Å². The number of rotatable bonds is 4. The highest BCUT2D eigenvalue weighted by Crippen LogP contribution is 2.32. The molecule has 0 saturated heterocycles. The van der Waals surface area contributed by atoms with E-state index in [-0.39, 0.29) is 0 Å². The smallest absolute Gasteiger partial charge is 0.170 e. The normalized spacial score (nSPS) is 11.2. The van der Waals surface area contributed by atoms with Crippen molar-refractivity contribution in [1.82, 2.24) is 5.32 Å². The van der Waals surface area contributed by atoms with Gasteiger partial charge < -0.3 is 10.6 Å². The summed E-state index contributed by atoms with van der Waals surface area (Å²) in [4.78, 5) is 0. The van der Waals surface area contributed by atoms with Gasteiger partial charge in [0.05, 0.1) is 0 Å². The fraction of sp³-hybridized carbons (Fsp3) is 0.562. The minimum absolute atomic E-state index is 0.341. The molecule has 3 heteroatoms. The van der Waals surface area contributed by atoms with Crippen molar-refractivity contribution in [2.24, 2.45) is 0 Å². The summed E-state index contributed by atoms with van der Waals surface area (Å²) >= 11 is 5.38. The highest BCUT2D eigenvalue weighted by atomic mass is 32.1. The molecule has 0 bridgehead atoms. The Balaban J connectivity index is 3.11. The minimum Gasteiger partial charge on any atom is -0.360 e. The van der Waals surface area contributed by atoms with Gasteiger partial charge in [0.15, 0.2) is 5.11 Å². The van der Waals surface area contributed by atoms with Gasteiger partial charge in [-0.3, -0.25) is 0 Å². The summed E-state index contributed by atoms with van der Waals surface area (Å²) in [5.41, 5.74) is 3.81. The first-order valence-electron chi connectivity index (χ1n) is 7.03. The number of para-hydroxylation sites is 1. The van der Waals surface area contributed by atoms with Gasteiger partial charge >= 0.3 is 0 Å². The zero-order valence-corrected chi connectivity index (χ0v) is 13.7. The first kappa shape index (κ1) is 16.0. The van der Waals surface area contributed by atoms with Gasteiger partial charge in [-0.25, -0.2) is 0 Å². The Bertz CT molecular complexity index is 410. The molecule has 0 saturated carbocycles. The van der Waals surface area contributed by atoms with E-state index in [4.69, 9.17) is 12.2 Å². The molecule has 0 aromatic heterocycles. The molecule has 0 unspecified atom stereocenters. The molecular formula is C16H26N2S. The predicted molar refractivity (Wildman–Crippen MR) is 89.1 cm³/mol. The summed E-state index contributed by atoms with van der Waals surface area (Å²) in [5, 5.41) is 7.34. The molecule has 0 heterocycles. The molecule has 0 radical (unpaired) electrons. The van der Waals surface area contributed by atoms with Crippen LogP contribution in [0, 0.1) is 0 Å². The van der Waals surface area contributed by atoms with Gasteiger partial charge in [-0.2, -0.15) is 0 Å². The number of hydrogen-bond acceptors (Lipinski definition) is 1. The number of nitrogens with one attached hydrogen (secondary N) is 2. The Hall–Kier alpha value is -1.09. The molecular weight excluding hydrogens is 252 g/mol. The van der Waals surface area contributed by atoms with Gasteiger partial charge in [0, 0.05) is 11.7 Å². The average molecular weight is 278 g/mol. The molecule has 1 aromatic carbocycles. The Morgan fingerprint density at radius 1 is 0.947 bits per heavy atom. The lowest BCUT2D eigenvalue weighted by Crippen LogP contribution is -2.34. The van der Waals surface area contributed by atoms with Gasteiger partial charge in [0.2, 0.25) is 0 Å². The van der Waals surface area contributed by atoms with E-state index in [1.165, 1.54) is 16.8 Å². The number of hydrogen-bond donors (Lipinski definition) is 2. The Kier molecular flexibility index (Phi) is 5.80. The van der Waals surface area contributed by atoms with E-state index < -0.39 is 0 Å². The van der Waals surface area contributed by atoms with Crippen molar-refractivity contribution in [3.63, 3.8) is 0 Å². The molecule has 0 spiro atoms. The van der Waals surface area contributed by atoms with Crippen LogP contribution in [-0.2, 0) is 0 Å². The van der Waals surface area contributed by atoms with Gasteiger partial charge in [-0.05, 0) is 49.0 Å². The lowest BCUT2D eigenvalue weighted by atomic mass is 9.93. The van der Waals surface area contributed by atoms with Crippen LogP contribution >= 0.6 is 12.2 Å². The number of thiocarbonyl (C=S) groups is 1. The van der Waals surface area contributed by atoms with Crippen molar-refractivity contribution in [2.45, 2.75) is 59.4 Å². The van der Waals surface area contributed by atoms with E-state index in [0.717, 1.165) is 0 Å². The second kappa shape index (κ2) is 6.90. The van der Waals surface area contributed by atoms with Crippen molar-refractivity contribution in [3.05, 3.63) is 29.3 Å². The van der Waals surface area contributed by atoms with Crippen LogP contribution in [0.2, 0.25) is 0 Å². The summed E-state index contributed by atoms with van der Waals surface area (Å²) < 4.78 is 0. The average Bonchev–Trinajstić information content (AvgIpc) is 2.27. The summed E-state index contributed by atoms with van der Waals surface area (Å²) in [6.07, 6.45) is 0. The zero-order valence-electron chi connectivity index (χ0n) is 12.9. The second-order valence-corrected chi connectivity index (χ2v) is 6.28. The molecule has 0 aliphatic rings. The van der Waals surface area contributed by atoms with Crippen LogP contribution < -0.4 is 10.6 Å². The van der Waals surface area contributed by atoms with Crippen LogP contribution in [0.3, 0.4) is 0 Å². The quantitative estimate of drug-likeness (QED) is 0.785. The monoisotopic (exact) mass is 278 g/mol. The molecule has 0 aliphatic carbocycles. The lowest BCUT2D eigenvalue weighted by Gasteiger charge is -2.22. The predicted octanol–water partition coefficient (Wildman–Crippen LogP) is 4.63. The SMILES string of the molecule is CC(C)NC(=S)Nc1c(C(C)C)cccc1C(C)C. The standard InChI is InChI=1S/C16H26N2S/c1-10(2)13-8-7-9-14(11(3)4)15(13)18-16(19)17-12(5)6/h7-12H,1-6H3,(H2,17,18,19). The molecule has 0 atom stereocenters. The van der Waals surface area contributed by atoms with Crippen LogP contribution in [0.15, 0.2) is 18.2 Å². The first-order valence-corrected chi connectivity index (χ1v) is 7.44. The third kappa shape index (κ3) is 4.50. The maximum absolute atomic E-state index is 5.38. The Morgan fingerprint density at radius 3 is 1.79 bits per heavy atom. The highest BCUT2D eigenvalue weighted by molar-refractivity contribution is 7.80. The third-order valence-corrected chi connectivity index (χ3v) is 3.25. The summed E-state index contributed by atoms with van der Waals surface area (Å²) in [6, 6.07) is 6.83.